The molecule has 3 aliphatic heterocycles. The number of piperidine rings is 1. The van der Waals surface area contributed by atoms with E-state index in [-0.39, 0.29) is 5.92 Å². The molecule has 0 spiro atoms. The summed E-state index contributed by atoms with van der Waals surface area (Å²) in [4.78, 5) is 17.8. The summed E-state index contributed by atoms with van der Waals surface area (Å²) in [5.74, 6) is 0.840. The Morgan fingerprint density at radius 2 is 1.83 bits per heavy atom. The van der Waals surface area contributed by atoms with Crippen molar-refractivity contribution in [3.63, 3.8) is 0 Å². The summed E-state index contributed by atoms with van der Waals surface area (Å²) in [6.45, 7) is 1.89. The average Bonchev–Trinajstić information content (AvgIpc) is 3.15. The van der Waals surface area contributed by atoms with E-state index in [4.69, 9.17) is 11.6 Å². The molecule has 1 aromatic carbocycles. The quantitative estimate of drug-likeness (QED) is 0.827. The second kappa shape index (κ2) is 6.10. The van der Waals surface area contributed by atoms with Gasteiger partial charge in [0.2, 0.25) is 5.91 Å². The number of nitrogens with zero attached hydrogens (tertiary/aromatic N) is 2. The van der Waals surface area contributed by atoms with Crippen LogP contribution in [0, 0.1) is 5.92 Å². The molecule has 3 nitrogen and oxygen atoms in total. The molecule has 3 unspecified atom stereocenters. The van der Waals surface area contributed by atoms with Crippen molar-refractivity contribution in [2.75, 3.05) is 20.1 Å². The molecule has 4 rings (SSSR count). The number of benzene rings is 1. The summed E-state index contributed by atoms with van der Waals surface area (Å²) in [7, 11) is 2.21. The van der Waals surface area contributed by atoms with Crippen LogP contribution in [-0.4, -0.2) is 47.9 Å². The Hall–Kier alpha value is -1.06. The van der Waals surface area contributed by atoms with Crippen LogP contribution < -0.4 is 0 Å². The monoisotopic (exact) mass is 332 g/mol. The highest BCUT2D eigenvalue weighted by molar-refractivity contribution is 6.30. The molecule has 0 aliphatic carbocycles. The van der Waals surface area contributed by atoms with E-state index in [0.717, 1.165) is 43.8 Å². The van der Waals surface area contributed by atoms with Gasteiger partial charge in [0.05, 0.1) is 5.92 Å². The molecule has 0 saturated carbocycles. The lowest BCUT2D eigenvalue weighted by molar-refractivity contribution is -0.139. The molecule has 0 N–H and O–H groups in total. The number of likely N-dealkylation sites (tertiary alicyclic amines) is 1. The van der Waals surface area contributed by atoms with Gasteiger partial charge in [0.15, 0.2) is 0 Å². The number of hydrogen-bond donors (Lipinski definition) is 0. The van der Waals surface area contributed by atoms with Gasteiger partial charge in [-0.15, -0.1) is 0 Å². The fraction of sp³-hybridized carbons (Fsp3) is 0.632. The van der Waals surface area contributed by atoms with Crippen LogP contribution in [0.2, 0.25) is 5.02 Å². The van der Waals surface area contributed by atoms with E-state index >= 15 is 0 Å². The Labute approximate surface area is 143 Å². The minimum Gasteiger partial charge on any atom is -0.342 e. The van der Waals surface area contributed by atoms with Crippen molar-refractivity contribution in [3.8, 4) is 0 Å². The molecule has 4 atom stereocenters. The van der Waals surface area contributed by atoms with Crippen LogP contribution >= 0.6 is 11.6 Å². The highest BCUT2D eigenvalue weighted by Gasteiger charge is 2.50. The first-order valence-corrected chi connectivity index (χ1v) is 9.29. The van der Waals surface area contributed by atoms with Gasteiger partial charge in [0.1, 0.15) is 0 Å². The molecule has 3 fully saturated rings. The van der Waals surface area contributed by atoms with Gasteiger partial charge in [-0.1, -0.05) is 23.7 Å². The van der Waals surface area contributed by atoms with Gasteiger partial charge < -0.3 is 4.90 Å². The van der Waals surface area contributed by atoms with Gasteiger partial charge in [-0.2, -0.15) is 0 Å². The van der Waals surface area contributed by atoms with Crippen LogP contribution in [0.5, 0.6) is 0 Å². The van der Waals surface area contributed by atoms with Crippen molar-refractivity contribution in [1.29, 1.82) is 0 Å². The zero-order chi connectivity index (χ0) is 16.0. The molecule has 3 aliphatic rings. The van der Waals surface area contributed by atoms with E-state index in [1.165, 1.54) is 12.0 Å². The van der Waals surface area contributed by atoms with Crippen LogP contribution in [0.4, 0.5) is 0 Å². The smallest absolute Gasteiger partial charge is 0.227 e. The SMILES string of the molecule is CN1C2CCC1C(C(=O)N1CCCC1)[C@@H](c1ccc(Cl)cc1)C2. The van der Waals surface area contributed by atoms with Gasteiger partial charge in [-0.25, -0.2) is 0 Å². The Bertz CT molecular complexity index is 582. The lowest BCUT2D eigenvalue weighted by Gasteiger charge is -2.43. The Balaban J connectivity index is 1.67. The molecule has 4 heteroatoms. The summed E-state index contributed by atoms with van der Waals surface area (Å²) < 4.78 is 0. The molecule has 23 heavy (non-hydrogen) atoms. The number of carbonyl (C=O) groups is 1. The summed E-state index contributed by atoms with van der Waals surface area (Å²) in [5, 5.41) is 0.770. The van der Waals surface area contributed by atoms with Crippen molar-refractivity contribution in [1.82, 2.24) is 9.80 Å². The molecule has 1 amide bonds. The maximum absolute atomic E-state index is 13.3. The Morgan fingerprint density at radius 3 is 2.52 bits per heavy atom. The van der Waals surface area contributed by atoms with Crippen LogP contribution in [-0.2, 0) is 4.79 Å². The van der Waals surface area contributed by atoms with Gasteiger partial charge in [0, 0.05) is 30.2 Å². The van der Waals surface area contributed by atoms with E-state index in [1.807, 2.05) is 12.1 Å². The largest absolute Gasteiger partial charge is 0.342 e. The molecule has 0 radical (unpaired) electrons. The van der Waals surface area contributed by atoms with Crippen molar-refractivity contribution in [2.45, 2.75) is 50.1 Å². The van der Waals surface area contributed by atoms with Crippen molar-refractivity contribution < 1.29 is 4.79 Å². The summed E-state index contributed by atoms with van der Waals surface area (Å²) >= 11 is 6.06. The number of fused-ring (bicyclic) bond motifs is 2. The topological polar surface area (TPSA) is 23.6 Å². The Morgan fingerprint density at radius 1 is 1.13 bits per heavy atom. The lowest BCUT2D eigenvalue weighted by Crippen LogP contribution is -2.52. The summed E-state index contributed by atoms with van der Waals surface area (Å²) in [6, 6.07) is 9.22. The maximum Gasteiger partial charge on any atom is 0.227 e. The predicted octanol–water partition coefficient (Wildman–Crippen LogP) is 3.53. The number of halogens is 1. The Kier molecular flexibility index (Phi) is 4.10. The number of rotatable bonds is 2. The zero-order valence-electron chi connectivity index (χ0n) is 13.7. The lowest BCUT2D eigenvalue weighted by atomic mass is 9.75. The third-order valence-electron chi connectivity index (χ3n) is 6.27. The highest BCUT2D eigenvalue weighted by Crippen LogP contribution is 2.47. The third-order valence-corrected chi connectivity index (χ3v) is 6.52. The van der Waals surface area contributed by atoms with Gasteiger partial charge >= 0.3 is 0 Å². The predicted molar refractivity (Wildman–Crippen MR) is 92.7 cm³/mol. The second-order valence-electron chi connectivity index (χ2n) is 7.42. The van der Waals surface area contributed by atoms with Crippen molar-refractivity contribution >= 4 is 17.5 Å². The minimum absolute atomic E-state index is 0.109. The highest BCUT2D eigenvalue weighted by atomic mass is 35.5. The molecule has 3 saturated heterocycles. The van der Waals surface area contributed by atoms with Crippen LogP contribution in [0.15, 0.2) is 24.3 Å². The van der Waals surface area contributed by atoms with E-state index < -0.39 is 0 Å². The minimum atomic E-state index is 0.109. The van der Waals surface area contributed by atoms with Crippen molar-refractivity contribution in [3.05, 3.63) is 34.9 Å². The summed E-state index contributed by atoms with van der Waals surface area (Å²) in [5.41, 5.74) is 1.29. The average molecular weight is 333 g/mol. The second-order valence-corrected chi connectivity index (χ2v) is 7.85. The number of amides is 1. The van der Waals surface area contributed by atoms with E-state index in [9.17, 15) is 4.79 Å². The molecular weight excluding hydrogens is 308 g/mol. The van der Waals surface area contributed by atoms with Crippen molar-refractivity contribution in [2.24, 2.45) is 5.92 Å². The van der Waals surface area contributed by atoms with Gasteiger partial charge in [0.25, 0.3) is 0 Å². The van der Waals surface area contributed by atoms with Crippen LogP contribution in [0.1, 0.15) is 43.6 Å². The molecule has 124 valence electrons. The van der Waals surface area contributed by atoms with Crippen LogP contribution in [0.3, 0.4) is 0 Å². The fourth-order valence-corrected chi connectivity index (χ4v) is 5.13. The van der Waals surface area contributed by atoms with E-state index in [0.29, 0.717) is 23.9 Å². The number of hydrogen-bond acceptors (Lipinski definition) is 2. The zero-order valence-corrected chi connectivity index (χ0v) is 14.5. The van der Waals surface area contributed by atoms with E-state index in [2.05, 4.69) is 29.0 Å². The molecule has 3 heterocycles. The fourth-order valence-electron chi connectivity index (χ4n) is 5.00. The first kappa shape index (κ1) is 15.5. The molecule has 1 aromatic rings. The molecule has 0 aromatic heterocycles. The maximum atomic E-state index is 13.3. The van der Waals surface area contributed by atoms with E-state index in [1.54, 1.807) is 0 Å². The van der Waals surface area contributed by atoms with Gasteiger partial charge in [-0.05, 0) is 62.8 Å². The van der Waals surface area contributed by atoms with Gasteiger partial charge in [-0.3, -0.25) is 9.69 Å². The number of carbonyl (C=O) groups excluding carboxylic acids is 1. The standard InChI is InChI=1S/C19H25ClN2O/c1-21-15-8-9-17(21)18(19(23)22-10-2-3-11-22)16(12-15)13-4-6-14(20)7-5-13/h4-7,15-18H,2-3,8-12H2,1H3/t15?,16-,17?,18?/m1/s1. The summed E-state index contributed by atoms with van der Waals surface area (Å²) in [6.07, 6.45) is 5.81. The third kappa shape index (κ3) is 2.68. The molecular formula is C19H25ClN2O. The molecule has 2 bridgehead atoms. The first-order valence-electron chi connectivity index (χ1n) is 8.91. The van der Waals surface area contributed by atoms with Crippen LogP contribution in [0.25, 0.3) is 0 Å². The normalized spacial score (nSPS) is 34.1. The first-order chi connectivity index (χ1) is 11.1.